The van der Waals surface area contributed by atoms with E-state index in [4.69, 9.17) is 18.0 Å². The summed E-state index contributed by atoms with van der Waals surface area (Å²) in [6.07, 6.45) is 14.6. The van der Waals surface area contributed by atoms with Crippen LogP contribution < -0.4 is 0 Å². The van der Waals surface area contributed by atoms with E-state index in [9.17, 15) is 0 Å². The monoisotopic (exact) mass is 634 g/mol. The number of allylic oxidation sites excluding steroid dienone is 3. The van der Waals surface area contributed by atoms with Crippen LogP contribution in [0.5, 0.6) is 0 Å². The first kappa shape index (κ1) is 36.2. The Morgan fingerprint density at radius 2 is 1.60 bits per heavy atom. The van der Waals surface area contributed by atoms with Gasteiger partial charge in [-0.1, -0.05) is 31.2 Å². The molecule has 6 atom stereocenters. The van der Waals surface area contributed by atoms with Crippen molar-refractivity contribution in [3.05, 3.63) is 35.5 Å². The average molecular weight is 635 g/mol. The fraction of sp³-hybridized carbons (Fsp3) is 0.829. The molecule has 0 aromatic carbocycles. The molecule has 0 N–H and O–H groups in total. The van der Waals surface area contributed by atoms with Crippen molar-refractivity contribution in [1.82, 2.24) is 0 Å². The summed E-state index contributed by atoms with van der Waals surface area (Å²) in [5.74, 6) is 1.25. The Morgan fingerprint density at radius 3 is 2.19 bits per heavy atom. The predicted molar refractivity (Wildman–Crippen MR) is 188 cm³/mol. The molecule has 3 aliphatic carbocycles. The summed E-state index contributed by atoms with van der Waals surface area (Å²) in [7, 11) is -4.93. The van der Waals surface area contributed by atoms with Crippen molar-refractivity contribution in [2.45, 2.75) is 162 Å². The number of rotatable bonds is 12. The van der Waals surface area contributed by atoms with Gasteiger partial charge in [-0.3, -0.25) is 0 Å². The summed E-state index contributed by atoms with van der Waals surface area (Å²) < 4.78 is 26.3. The summed E-state index contributed by atoms with van der Waals surface area (Å²) in [6, 6.07) is 0. The molecule has 0 amide bonds. The molecule has 3 aliphatic rings. The molecule has 3 fully saturated rings. The van der Waals surface area contributed by atoms with Gasteiger partial charge in [0.2, 0.25) is 0 Å². The third-order valence-corrected chi connectivity index (χ3v) is 12.7. The molecule has 7 heteroatoms. The maximum Gasteiger partial charge on any atom is 0.184 e. The minimum atomic E-state index is -1.70. The molecular formula is C35H66O4Si3. The molecule has 0 heterocycles. The number of fused-ring (bicyclic) bond motifs is 1. The highest BCUT2D eigenvalue weighted by atomic mass is 28.4. The van der Waals surface area contributed by atoms with Gasteiger partial charge in [0.25, 0.3) is 0 Å². The average Bonchev–Trinajstić information content (AvgIpc) is 3.14. The Morgan fingerprint density at radius 1 is 0.952 bits per heavy atom. The van der Waals surface area contributed by atoms with Crippen LogP contribution in [0.1, 0.15) is 79.1 Å². The molecule has 0 aliphatic heterocycles. The van der Waals surface area contributed by atoms with Gasteiger partial charge in [-0.05, 0) is 153 Å². The third kappa shape index (κ3) is 10.4. The summed E-state index contributed by atoms with van der Waals surface area (Å²) in [5.41, 5.74) is 4.34. The smallest absolute Gasteiger partial charge is 0.184 e. The highest BCUT2D eigenvalue weighted by molar-refractivity contribution is 6.70. The number of hydrogen-bond donors (Lipinski definition) is 0. The van der Waals surface area contributed by atoms with Crippen LogP contribution in [0.3, 0.4) is 0 Å². The zero-order chi connectivity index (χ0) is 31.7. The minimum Gasteiger partial charge on any atom is -0.414 e. The predicted octanol–water partition coefficient (Wildman–Crippen LogP) is 10.3. The first-order chi connectivity index (χ1) is 19.1. The molecule has 42 heavy (non-hydrogen) atoms. The van der Waals surface area contributed by atoms with Gasteiger partial charge in [-0.25, -0.2) is 0 Å². The molecule has 0 aromatic rings. The largest absolute Gasteiger partial charge is 0.414 e. The highest BCUT2D eigenvalue weighted by Crippen LogP contribution is 2.58. The molecular weight excluding hydrogens is 569 g/mol. The molecule has 0 bridgehead atoms. The standard InChI is InChI=1S/C35H66O4Si3/c1-26-29(24-30(37-40(6,7)8)25-33(26)38-41(9,10)11)18-17-28-16-15-21-35(5)31(19-20-32(28)35)27(2)36-23-22-34(3,4)39-42(12,13)14/h17-18,27,30-33H,1,15-16,19-25H2,2-14H3/t27-,30+,31+,32-,33-,35+/m0/s1. The molecule has 4 nitrogen and oxygen atoms in total. The zero-order valence-corrected chi connectivity index (χ0v) is 32.7. The Kier molecular flexibility index (Phi) is 11.7. The SMILES string of the molecule is C=C1C(=CC=C2CCC[C@]3(C)[C@@H]([C@H](C)OCCC(C)(C)O[Si](C)(C)C)CC[C@@H]23)C[C@@H](O[Si](C)(C)C)C[C@@H]1O[Si](C)(C)C. The van der Waals surface area contributed by atoms with Crippen molar-refractivity contribution in [2.24, 2.45) is 17.3 Å². The van der Waals surface area contributed by atoms with Crippen LogP contribution >= 0.6 is 0 Å². The van der Waals surface area contributed by atoms with E-state index in [1.54, 1.807) is 5.57 Å². The number of ether oxygens (including phenoxy) is 1. The fourth-order valence-electron chi connectivity index (χ4n) is 8.10. The van der Waals surface area contributed by atoms with Crippen molar-refractivity contribution in [3.63, 3.8) is 0 Å². The molecule has 0 aromatic heterocycles. The van der Waals surface area contributed by atoms with Gasteiger partial charge < -0.3 is 18.0 Å². The number of hydrogen-bond acceptors (Lipinski definition) is 4. The van der Waals surface area contributed by atoms with E-state index in [-0.39, 0.29) is 23.9 Å². The minimum absolute atomic E-state index is 0.0722. The molecule has 0 spiro atoms. The summed E-state index contributed by atoms with van der Waals surface area (Å²) in [6.45, 7) is 35.2. The zero-order valence-electron chi connectivity index (χ0n) is 29.7. The lowest BCUT2D eigenvalue weighted by molar-refractivity contribution is -0.0423. The lowest BCUT2D eigenvalue weighted by Gasteiger charge is -2.44. The van der Waals surface area contributed by atoms with E-state index in [2.05, 4.69) is 105 Å². The molecule has 0 unspecified atom stereocenters. The van der Waals surface area contributed by atoms with Gasteiger partial charge in [0, 0.05) is 13.0 Å². The molecule has 3 rings (SSSR count). The first-order valence-corrected chi connectivity index (χ1v) is 27.1. The summed E-state index contributed by atoms with van der Waals surface area (Å²) in [5, 5.41) is 0. The molecule has 242 valence electrons. The highest BCUT2D eigenvalue weighted by Gasteiger charge is 2.51. The van der Waals surface area contributed by atoms with Gasteiger partial charge in [0.1, 0.15) is 0 Å². The second-order valence-electron chi connectivity index (χ2n) is 17.4. The Balaban J connectivity index is 1.73. The summed E-state index contributed by atoms with van der Waals surface area (Å²) >= 11 is 0. The van der Waals surface area contributed by atoms with Crippen LogP contribution in [0.4, 0.5) is 0 Å². The normalized spacial score (nSPS) is 32.5. The van der Waals surface area contributed by atoms with Gasteiger partial charge in [-0.2, -0.15) is 0 Å². The van der Waals surface area contributed by atoms with Gasteiger partial charge >= 0.3 is 0 Å². The van der Waals surface area contributed by atoms with E-state index in [1.807, 2.05) is 0 Å². The van der Waals surface area contributed by atoms with Gasteiger partial charge in [0.15, 0.2) is 25.0 Å². The Labute approximate surface area is 263 Å². The second kappa shape index (κ2) is 13.6. The Bertz CT molecular complexity index is 997. The van der Waals surface area contributed by atoms with Crippen molar-refractivity contribution >= 4 is 25.0 Å². The van der Waals surface area contributed by atoms with Gasteiger partial charge in [-0.15, -0.1) is 0 Å². The Hall–Kier alpha value is -0.289. The van der Waals surface area contributed by atoms with Crippen molar-refractivity contribution in [1.29, 1.82) is 0 Å². The second-order valence-corrected chi connectivity index (χ2v) is 30.7. The summed E-state index contributed by atoms with van der Waals surface area (Å²) in [4.78, 5) is 0. The topological polar surface area (TPSA) is 36.9 Å². The van der Waals surface area contributed by atoms with E-state index in [0.29, 0.717) is 17.3 Å². The third-order valence-electron chi connectivity index (χ3n) is 9.51. The van der Waals surface area contributed by atoms with E-state index in [1.165, 1.54) is 43.3 Å². The van der Waals surface area contributed by atoms with Gasteiger partial charge in [0.05, 0.1) is 23.9 Å². The molecule has 0 saturated heterocycles. The van der Waals surface area contributed by atoms with Crippen molar-refractivity contribution in [3.8, 4) is 0 Å². The van der Waals surface area contributed by atoms with E-state index < -0.39 is 25.0 Å². The lowest BCUT2D eigenvalue weighted by Crippen LogP contribution is -2.42. The quantitative estimate of drug-likeness (QED) is 0.200. The van der Waals surface area contributed by atoms with Crippen molar-refractivity contribution in [2.75, 3.05) is 6.61 Å². The van der Waals surface area contributed by atoms with Crippen LogP contribution in [0.15, 0.2) is 35.5 Å². The first-order valence-electron chi connectivity index (χ1n) is 16.8. The maximum absolute atomic E-state index is 6.65. The van der Waals surface area contributed by atoms with Crippen molar-refractivity contribution < 1.29 is 18.0 Å². The van der Waals surface area contributed by atoms with E-state index >= 15 is 0 Å². The van der Waals surface area contributed by atoms with Crippen LogP contribution in [0, 0.1) is 17.3 Å². The van der Waals surface area contributed by atoms with Crippen LogP contribution in [-0.2, 0) is 18.0 Å². The van der Waals surface area contributed by atoms with Crippen LogP contribution in [0.25, 0.3) is 0 Å². The maximum atomic E-state index is 6.65. The molecule has 3 saturated carbocycles. The fourth-order valence-corrected chi connectivity index (χ4v) is 12.1. The lowest BCUT2D eigenvalue weighted by atomic mass is 9.62. The van der Waals surface area contributed by atoms with Crippen LogP contribution in [-0.4, -0.2) is 55.5 Å². The molecule has 0 radical (unpaired) electrons. The van der Waals surface area contributed by atoms with Crippen LogP contribution in [0.2, 0.25) is 58.9 Å². The van der Waals surface area contributed by atoms with E-state index in [0.717, 1.165) is 25.9 Å².